The van der Waals surface area contributed by atoms with Crippen molar-refractivity contribution in [1.29, 1.82) is 0 Å². The van der Waals surface area contributed by atoms with Crippen molar-refractivity contribution in [1.82, 2.24) is 0 Å². The van der Waals surface area contributed by atoms with Crippen LogP contribution in [0.2, 0.25) is 0 Å². The Kier molecular flexibility index (Phi) is 28.6. The lowest BCUT2D eigenvalue weighted by Crippen LogP contribution is -2.31. The number of hydrogen-bond acceptors (Lipinski definition) is 9. The maximum absolute atomic E-state index is 12.3. The number of para-hydroxylation sites is 2. The van der Waals surface area contributed by atoms with Gasteiger partial charge in [-0.2, -0.15) is 0 Å². The van der Waals surface area contributed by atoms with Crippen molar-refractivity contribution in [3.8, 4) is 28.7 Å². The van der Waals surface area contributed by atoms with Crippen LogP contribution in [0, 0.1) is 0 Å². The highest BCUT2D eigenvalue weighted by molar-refractivity contribution is 6.03. The minimum absolute atomic E-state index is 0.0258. The van der Waals surface area contributed by atoms with Crippen molar-refractivity contribution >= 4 is 11.8 Å². The summed E-state index contributed by atoms with van der Waals surface area (Å²) < 4.78 is 17.2. The molecule has 9 nitrogen and oxygen atoms in total. The molecule has 1 heterocycles. The van der Waals surface area contributed by atoms with Crippen LogP contribution in [0.4, 0.5) is 0 Å². The Morgan fingerprint density at radius 1 is 0.873 bits per heavy atom. The first-order valence-corrected chi connectivity index (χ1v) is 19.7. The number of unbranched alkanes of at least 4 members (excludes halogenated alkanes) is 8. The van der Waals surface area contributed by atoms with Crippen LogP contribution in [-0.4, -0.2) is 51.0 Å². The quantitative estimate of drug-likeness (QED) is 0.0197. The second-order valence-corrected chi connectivity index (χ2v) is 13.0. The van der Waals surface area contributed by atoms with Gasteiger partial charge in [0.05, 0.1) is 6.10 Å². The topological polar surface area (TPSA) is 143 Å². The van der Waals surface area contributed by atoms with Gasteiger partial charge in [-0.15, -0.1) is 0 Å². The number of carbonyl (C=O) groups is 2. The largest absolute Gasteiger partial charge is 0.508 e. The minimum atomic E-state index is -0.327. The van der Waals surface area contributed by atoms with E-state index in [4.69, 9.17) is 29.5 Å². The van der Waals surface area contributed by atoms with E-state index < -0.39 is 0 Å². The average molecular weight is 765 g/mol. The van der Waals surface area contributed by atoms with Crippen molar-refractivity contribution in [3.05, 3.63) is 103 Å². The molecule has 1 atom stereocenters. The third kappa shape index (κ3) is 23.5. The molecule has 2 aromatic rings. The molecular weight excluding hydrogens is 696 g/mol. The van der Waals surface area contributed by atoms with E-state index >= 15 is 0 Å². The van der Waals surface area contributed by atoms with Crippen LogP contribution < -0.4 is 9.47 Å². The number of phenolic OH excluding ortho intramolecular Hbond substituents is 3. The standard InChI is InChI=1S/C30H46O5.C8H10O2.C6H6O2.C2H6/c1-4-5-6-7-8-9-10-11-12-13-14-15-16-17-18-19-30(32)35-26-22-27-28(33-23-26)20-25(31)21-29(27)34-24(2)3;1-4-7(9)6(3)8(10)5-2;7-5-3-1-2-4-6(5)8;1-2/h8-9,11-12,20-21,24,26,31H,4-7,10,13-19,22-23H2,1-3H3;4-5,9H,1-2H2,3H3;1-4,7-8H;1-2H3/b9-8-,12-11-;7-6-;;. The number of aromatic hydroxyl groups is 3. The number of phenols is 3. The molecule has 1 aliphatic rings. The molecule has 1 unspecified atom stereocenters. The summed E-state index contributed by atoms with van der Waals surface area (Å²) in [7, 11) is 0. The second kappa shape index (κ2) is 31.4. The number of carbonyl (C=O) groups excluding carboxylic acids is 2. The third-order valence-electron chi connectivity index (χ3n) is 8.02. The van der Waals surface area contributed by atoms with E-state index in [2.05, 4.69) is 44.4 Å². The molecular formula is C46H68O9. The molecule has 0 spiro atoms. The van der Waals surface area contributed by atoms with E-state index in [1.807, 2.05) is 27.7 Å². The van der Waals surface area contributed by atoms with Crippen LogP contribution in [0.1, 0.15) is 124 Å². The third-order valence-corrected chi connectivity index (χ3v) is 8.02. The smallest absolute Gasteiger partial charge is 0.306 e. The molecule has 0 radical (unpaired) electrons. The number of benzene rings is 2. The van der Waals surface area contributed by atoms with Gasteiger partial charge in [0, 0.05) is 36.1 Å². The van der Waals surface area contributed by atoms with E-state index in [-0.39, 0.29) is 52.5 Å². The number of fused-ring (bicyclic) bond motifs is 1. The lowest BCUT2D eigenvalue weighted by atomic mass is 10.0. The molecule has 0 saturated heterocycles. The van der Waals surface area contributed by atoms with Gasteiger partial charge in [0.2, 0.25) is 0 Å². The number of ether oxygens (including phenoxy) is 3. The number of esters is 1. The van der Waals surface area contributed by atoms with Gasteiger partial charge in [-0.05, 0) is 83.6 Å². The fourth-order valence-corrected chi connectivity index (χ4v) is 5.06. The lowest BCUT2D eigenvalue weighted by Gasteiger charge is -2.27. The first-order chi connectivity index (χ1) is 26.4. The van der Waals surface area contributed by atoms with Gasteiger partial charge in [-0.1, -0.05) is 102 Å². The first-order valence-electron chi connectivity index (χ1n) is 19.7. The van der Waals surface area contributed by atoms with Gasteiger partial charge in [0.15, 0.2) is 17.3 Å². The molecule has 0 saturated carbocycles. The Bertz CT molecular complexity index is 1470. The molecule has 2 aromatic carbocycles. The highest BCUT2D eigenvalue weighted by Gasteiger charge is 2.27. The summed E-state index contributed by atoms with van der Waals surface area (Å²) in [5.74, 6) is 0.600. The second-order valence-electron chi connectivity index (χ2n) is 13.0. The van der Waals surface area contributed by atoms with Crippen molar-refractivity contribution < 1.29 is 44.2 Å². The van der Waals surface area contributed by atoms with E-state index in [0.29, 0.717) is 30.9 Å². The molecule has 1 aliphatic heterocycles. The number of aliphatic hydroxyl groups excluding tert-OH is 1. The van der Waals surface area contributed by atoms with Gasteiger partial charge < -0.3 is 34.6 Å². The average Bonchev–Trinajstić information content (AvgIpc) is 3.17. The Balaban J connectivity index is 0.00000118. The zero-order chi connectivity index (χ0) is 41.4. The molecule has 4 N–H and O–H groups in total. The van der Waals surface area contributed by atoms with E-state index in [1.165, 1.54) is 63.7 Å². The van der Waals surface area contributed by atoms with Crippen molar-refractivity contribution in [2.75, 3.05) is 6.61 Å². The van der Waals surface area contributed by atoms with Gasteiger partial charge >= 0.3 is 5.97 Å². The van der Waals surface area contributed by atoms with E-state index in [0.717, 1.165) is 43.7 Å². The summed E-state index contributed by atoms with van der Waals surface area (Å²) >= 11 is 0. The summed E-state index contributed by atoms with van der Waals surface area (Å²) in [5.41, 5.74) is 1.11. The monoisotopic (exact) mass is 764 g/mol. The highest BCUT2D eigenvalue weighted by atomic mass is 16.6. The lowest BCUT2D eigenvalue weighted by molar-refractivity contribution is -0.151. The number of ketones is 1. The normalized spacial score (nSPS) is 13.4. The van der Waals surface area contributed by atoms with Gasteiger partial charge in [0.1, 0.15) is 35.7 Å². The zero-order valence-corrected chi connectivity index (χ0v) is 34.2. The number of aliphatic hydroxyl groups is 1. The van der Waals surface area contributed by atoms with Crippen molar-refractivity contribution in [3.63, 3.8) is 0 Å². The fourth-order valence-electron chi connectivity index (χ4n) is 5.06. The molecule has 0 fully saturated rings. The Morgan fingerprint density at radius 3 is 2.00 bits per heavy atom. The maximum atomic E-state index is 12.3. The van der Waals surface area contributed by atoms with Crippen LogP contribution in [0.5, 0.6) is 28.7 Å². The SMILES string of the molecule is C=CC(=O)/C(C)=C(\O)C=C.CC.CCCCC/C=C\C/C=C\CCCCCCCC(=O)OC1COc2cc(O)cc(OC(C)C)c2C1.Oc1ccccc1O. The minimum Gasteiger partial charge on any atom is -0.508 e. The Labute approximate surface area is 330 Å². The molecule has 0 amide bonds. The van der Waals surface area contributed by atoms with E-state index in [9.17, 15) is 14.7 Å². The van der Waals surface area contributed by atoms with Crippen LogP contribution in [0.3, 0.4) is 0 Å². The summed E-state index contributed by atoms with van der Waals surface area (Å²) in [6.07, 6.45) is 24.9. The van der Waals surface area contributed by atoms with Crippen molar-refractivity contribution in [2.24, 2.45) is 0 Å². The number of rotatable bonds is 20. The fraction of sp³-hybridized carbons (Fsp3) is 0.478. The number of allylic oxidation sites excluding steroid dienone is 7. The Hall–Kier alpha value is -4.92. The summed E-state index contributed by atoms with van der Waals surface area (Å²) in [5, 5.41) is 36.2. The van der Waals surface area contributed by atoms with Crippen LogP contribution in [0.25, 0.3) is 0 Å². The molecule has 9 heteroatoms. The maximum Gasteiger partial charge on any atom is 0.306 e. The van der Waals surface area contributed by atoms with Crippen LogP contribution in [0.15, 0.2) is 97.3 Å². The molecule has 0 aliphatic carbocycles. The predicted octanol–water partition coefficient (Wildman–Crippen LogP) is 11.7. The van der Waals surface area contributed by atoms with Gasteiger partial charge in [0.25, 0.3) is 0 Å². The van der Waals surface area contributed by atoms with Gasteiger partial charge in [-0.25, -0.2) is 0 Å². The summed E-state index contributed by atoms with van der Waals surface area (Å²) in [4.78, 5) is 23.0. The molecule has 3 rings (SSSR count). The highest BCUT2D eigenvalue weighted by Crippen LogP contribution is 2.38. The summed E-state index contributed by atoms with van der Waals surface area (Å²) in [6.45, 7) is 18.5. The molecule has 0 aromatic heterocycles. The van der Waals surface area contributed by atoms with Crippen molar-refractivity contribution in [2.45, 2.75) is 137 Å². The van der Waals surface area contributed by atoms with Crippen LogP contribution >= 0.6 is 0 Å². The van der Waals surface area contributed by atoms with Crippen LogP contribution in [-0.2, 0) is 20.7 Å². The summed E-state index contributed by atoms with van der Waals surface area (Å²) in [6, 6.07) is 9.33. The molecule has 0 bridgehead atoms. The van der Waals surface area contributed by atoms with E-state index in [1.54, 1.807) is 24.3 Å². The predicted molar refractivity (Wildman–Crippen MR) is 224 cm³/mol. The zero-order valence-electron chi connectivity index (χ0n) is 34.2. The van der Waals surface area contributed by atoms with Gasteiger partial charge in [-0.3, -0.25) is 9.59 Å². The first kappa shape index (κ1) is 50.1. The Morgan fingerprint density at radius 2 is 1.45 bits per heavy atom. The molecule has 55 heavy (non-hydrogen) atoms. The number of hydrogen-bond donors (Lipinski definition) is 4. The molecule has 306 valence electrons.